The second-order valence-electron chi connectivity index (χ2n) is 7.63. The number of hydrogen-bond acceptors (Lipinski definition) is 5. The molecule has 0 spiro atoms. The fourth-order valence-electron chi connectivity index (χ4n) is 4.05. The quantitative estimate of drug-likeness (QED) is 0.386. The predicted octanol–water partition coefficient (Wildman–Crippen LogP) is 5.73. The number of aliphatic hydroxyl groups excluding tert-OH is 1. The van der Waals surface area contributed by atoms with Crippen LogP contribution in [-0.4, -0.2) is 26.8 Å². The van der Waals surface area contributed by atoms with Crippen LogP contribution in [0, 0.1) is 5.41 Å². The normalized spacial score (nSPS) is 15.8. The van der Waals surface area contributed by atoms with Crippen LogP contribution in [0.25, 0.3) is 16.5 Å². The van der Waals surface area contributed by atoms with E-state index in [4.69, 9.17) is 5.41 Å². The zero-order valence-corrected chi connectivity index (χ0v) is 16.7. The second-order valence-corrected chi connectivity index (χ2v) is 7.63. The minimum absolute atomic E-state index is 0.122. The van der Waals surface area contributed by atoms with Gasteiger partial charge in [-0.15, -0.1) is 0 Å². The van der Waals surface area contributed by atoms with E-state index >= 15 is 0 Å². The van der Waals surface area contributed by atoms with Crippen molar-refractivity contribution in [2.45, 2.75) is 45.1 Å². The van der Waals surface area contributed by atoms with Gasteiger partial charge in [0.25, 0.3) is 0 Å². The highest BCUT2D eigenvalue weighted by molar-refractivity contribution is 6.31. The fourth-order valence-corrected chi connectivity index (χ4v) is 4.05. The number of rotatable bonds is 5. The van der Waals surface area contributed by atoms with Gasteiger partial charge in [-0.1, -0.05) is 55.7 Å². The number of allylic oxidation sites excluding steroid dienone is 2. The number of nitrogens with zero attached hydrogens (tertiary/aromatic N) is 2. The first kappa shape index (κ1) is 19.1. The molecular formula is C24H26N4O. The Morgan fingerprint density at radius 3 is 2.48 bits per heavy atom. The molecule has 4 rings (SSSR count). The van der Waals surface area contributed by atoms with E-state index in [1.165, 1.54) is 19.3 Å². The van der Waals surface area contributed by atoms with Crippen molar-refractivity contribution in [1.82, 2.24) is 9.97 Å². The summed E-state index contributed by atoms with van der Waals surface area (Å²) in [6.07, 6.45) is 7.70. The predicted molar refractivity (Wildman–Crippen MR) is 119 cm³/mol. The van der Waals surface area contributed by atoms with E-state index < -0.39 is 0 Å². The Labute approximate surface area is 171 Å². The van der Waals surface area contributed by atoms with E-state index in [1.807, 2.05) is 48.5 Å². The number of hydrogen-bond donors (Lipinski definition) is 3. The van der Waals surface area contributed by atoms with Gasteiger partial charge < -0.3 is 10.4 Å². The SMILES string of the molecule is C/C(O)=C(/C(=N)c1ccccc1)c1ccc2ncnc(NC3CCCCC3)c2c1. The molecule has 1 aliphatic carbocycles. The molecule has 5 heteroatoms. The van der Waals surface area contributed by atoms with Crippen LogP contribution in [0.1, 0.15) is 50.2 Å². The van der Waals surface area contributed by atoms with Crippen LogP contribution in [0.4, 0.5) is 5.82 Å². The standard InChI is InChI=1S/C24H26N4O/c1-16(29)22(23(25)17-8-4-2-5-9-17)18-12-13-21-20(14-18)24(27-15-26-21)28-19-10-6-3-7-11-19/h2,4-5,8-9,12-15,19,25,29H,3,6-7,10-11H2,1H3,(H,26,27,28)/b22-16-,25-23?. The molecule has 1 saturated carbocycles. The average molecular weight is 386 g/mol. The number of nitrogens with one attached hydrogen (secondary N) is 2. The lowest BCUT2D eigenvalue weighted by molar-refractivity contribution is 0.418. The highest BCUT2D eigenvalue weighted by atomic mass is 16.3. The van der Waals surface area contributed by atoms with Gasteiger partial charge in [0.1, 0.15) is 12.1 Å². The Morgan fingerprint density at radius 1 is 1.00 bits per heavy atom. The van der Waals surface area contributed by atoms with Crippen molar-refractivity contribution < 1.29 is 5.11 Å². The van der Waals surface area contributed by atoms with E-state index in [2.05, 4.69) is 15.3 Å². The molecule has 1 heterocycles. The molecule has 0 amide bonds. The molecule has 2 aromatic carbocycles. The molecule has 0 bridgehead atoms. The molecule has 0 radical (unpaired) electrons. The van der Waals surface area contributed by atoms with Crippen LogP contribution in [0.2, 0.25) is 0 Å². The summed E-state index contributed by atoms with van der Waals surface area (Å²) >= 11 is 0. The van der Waals surface area contributed by atoms with E-state index in [0.29, 0.717) is 17.3 Å². The minimum atomic E-state index is 0.122. The summed E-state index contributed by atoms with van der Waals surface area (Å²) in [4.78, 5) is 8.89. The lowest BCUT2D eigenvalue weighted by atomic mass is 9.93. The Bertz CT molecular complexity index is 1050. The summed E-state index contributed by atoms with van der Waals surface area (Å²) in [5.74, 6) is 0.946. The summed E-state index contributed by atoms with van der Waals surface area (Å²) in [6.45, 7) is 1.62. The molecule has 0 aliphatic heterocycles. The molecule has 3 aromatic rings. The Balaban J connectivity index is 1.74. The van der Waals surface area contributed by atoms with Gasteiger partial charge in [-0.25, -0.2) is 9.97 Å². The maximum absolute atomic E-state index is 10.4. The fraction of sp³-hybridized carbons (Fsp3) is 0.292. The summed E-state index contributed by atoms with van der Waals surface area (Å²) in [5, 5.41) is 23.6. The minimum Gasteiger partial charge on any atom is -0.512 e. The Hall–Kier alpha value is -3.21. The molecule has 29 heavy (non-hydrogen) atoms. The summed E-state index contributed by atoms with van der Waals surface area (Å²) in [7, 11) is 0. The van der Waals surface area contributed by atoms with Gasteiger partial charge in [0.05, 0.1) is 17.0 Å². The van der Waals surface area contributed by atoms with Crippen LogP contribution in [0.3, 0.4) is 0 Å². The lowest BCUT2D eigenvalue weighted by Gasteiger charge is -2.24. The van der Waals surface area contributed by atoms with Crippen LogP contribution in [-0.2, 0) is 0 Å². The molecule has 1 fully saturated rings. The molecule has 3 N–H and O–H groups in total. The Morgan fingerprint density at radius 2 is 1.76 bits per heavy atom. The summed E-state index contributed by atoms with van der Waals surface area (Å²) in [5.41, 5.74) is 3.21. The van der Waals surface area contributed by atoms with E-state index in [1.54, 1.807) is 13.3 Å². The molecule has 1 aromatic heterocycles. The largest absolute Gasteiger partial charge is 0.512 e. The molecular weight excluding hydrogens is 360 g/mol. The van der Waals surface area contributed by atoms with Crippen LogP contribution < -0.4 is 5.32 Å². The molecule has 1 aliphatic rings. The van der Waals surface area contributed by atoms with Crippen molar-refractivity contribution in [3.63, 3.8) is 0 Å². The first-order chi connectivity index (χ1) is 14.1. The zero-order chi connectivity index (χ0) is 20.2. The number of benzene rings is 2. The van der Waals surface area contributed by atoms with Crippen molar-refractivity contribution >= 4 is 28.0 Å². The Kier molecular flexibility index (Phi) is 5.56. The zero-order valence-electron chi connectivity index (χ0n) is 16.7. The third-order valence-electron chi connectivity index (χ3n) is 5.54. The van der Waals surface area contributed by atoms with Crippen LogP contribution in [0.15, 0.2) is 60.6 Å². The molecule has 148 valence electrons. The monoisotopic (exact) mass is 386 g/mol. The van der Waals surface area contributed by atoms with Gasteiger partial charge >= 0.3 is 0 Å². The van der Waals surface area contributed by atoms with Crippen molar-refractivity contribution in [3.05, 3.63) is 71.7 Å². The van der Waals surface area contributed by atoms with Crippen LogP contribution >= 0.6 is 0 Å². The smallest absolute Gasteiger partial charge is 0.137 e. The number of fused-ring (bicyclic) bond motifs is 1. The van der Waals surface area contributed by atoms with Gasteiger partial charge in [-0.3, -0.25) is 5.41 Å². The van der Waals surface area contributed by atoms with E-state index in [9.17, 15) is 5.11 Å². The molecule has 0 unspecified atom stereocenters. The maximum Gasteiger partial charge on any atom is 0.137 e. The molecule has 0 saturated heterocycles. The first-order valence-corrected chi connectivity index (χ1v) is 10.2. The lowest BCUT2D eigenvalue weighted by Crippen LogP contribution is -2.23. The van der Waals surface area contributed by atoms with Gasteiger partial charge in [0, 0.05) is 22.6 Å². The third-order valence-corrected chi connectivity index (χ3v) is 5.54. The topological polar surface area (TPSA) is 81.9 Å². The van der Waals surface area contributed by atoms with Gasteiger partial charge in [-0.05, 0) is 37.5 Å². The highest BCUT2D eigenvalue weighted by Crippen LogP contribution is 2.29. The van der Waals surface area contributed by atoms with Crippen molar-refractivity contribution in [3.8, 4) is 0 Å². The third kappa shape index (κ3) is 4.14. The van der Waals surface area contributed by atoms with Gasteiger partial charge in [-0.2, -0.15) is 0 Å². The summed E-state index contributed by atoms with van der Waals surface area (Å²) in [6, 6.07) is 15.7. The van der Waals surface area contributed by atoms with Gasteiger partial charge in [0.15, 0.2) is 0 Å². The van der Waals surface area contributed by atoms with Crippen molar-refractivity contribution in [2.24, 2.45) is 0 Å². The summed E-state index contributed by atoms with van der Waals surface area (Å²) < 4.78 is 0. The van der Waals surface area contributed by atoms with Crippen molar-refractivity contribution in [1.29, 1.82) is 5.41 Å². The van der Waals surface area contributed by atoms with Crippen molar-refractivity contribution in [2.75, 3.05) is 5.32 Å². The van der Waals surface area contributed by atoms with E-state index in [0.717, 1.165) is 40.7 Å². The van der Waals surface area contributed by atoms with E-state index in [-0.39, 0.29) is 5.76 Å². The average Bonchev–Trinajstić information content (AvgIpc) is 2.75. The molecule has 5 nitrogen and oxygen atoms in total. The second kappa shape index (κ2) is 8.43. The number of aromatic nitrogens is 2. The number of anilines is 1. The first-order valence-electron chi connectivity index (χ1n) is 10.2. The molecule has 0 atom stereocenters. The number of aliphatic hydroxyl groups is 1. The maximum atomic E-state index is 10.4. The van der Waals surface area contributed by atoms with Crippen LogP contribution in [0.5, 0.6) is 0 Å². The highest BCUT2D eigenvalue weighted by Gasteiger charge is 2.18. The van der Waals surface area contributed by atoms with Gasteiger partial charge in [0.2, 0.25) is 0 Å².